The van der Waals surface area contributed by atoms with Crippen molar-refractivity contribution in [2.75, 3.05) is 19.6 Å². The molecule has 0 aliphatic carbocycles. The highest BCUT2D eigenvalue weighted by Crippen LogP contribution is 2.20. The number of carbonyl (C=O) groups is 1. The Morgan fingerprint density at radius 2 is 2.38 bits per heavy atom. The second-order valence-corrected chi connectivity index (χ2v) is 6.67. The van der Waals surface area contributed by atoms with Crippen LogP contribution in [-0.2, 0) is 11.3 Å². The summed E-state index contributed by atoms with van der Waals surface area (Å²) in [6.45, 7) is 9.22. The predicted molar refractivity (Wildman–Crippen MR) is 93.5 cm³/mol. The van der Waals surface area contributed by atoms with Crippen LogP contribution in [0, 0.1) is 5.92 Å². The predicted octanol–water partition coefficient (Wildman–Crippen LogP) is 1.85. The Morgan fingerprint density at radius 1 is 1.58 bits per heavy atom. The number of primary amides is 1. The SMILES string of the molecule is CCNC(=NCc1cc(C(C)C)no1)N1CCCC(CC(N)=O)C1. The molecule has 1 unspecified atom stereocenters. The van der Waals surface area contributed by atoms with Gasteiger partial charge in [-0.2, -0.15) is 0 Å². The minimum atomic E-state index is -0.230. The van der Waals surface area contributed by atoms with Crippen molar-refractivity contribution in [1.29, 1.82) is 0 Å². The lowest BCUT2D eigenvalue weighted by atomic mass is 9.95. The molecule has 1 aromatic heterocycles. The minimum absolute atomic E-state index is 0.230. The molecule has 1 aliphatic heterocycles. The van der Waals surface area contributed by atoms with Gasteiger partial charge in [-0.3, -0.25) is 4.79 Å². The van der Waals surface area contributed by atoms with E-state index in [1.807, 2.05) is 13.0 Å². The molecule has 3 N–H and O–H groups in total. The summed E-state index contributed by atoms with van der Waals surface area (Å²) in [7, 11) is 0. The third kappa shape index (κ3) is 5.25. The van der Waals surface area contributed by atoms with Crippen molar-refractivity contribution < 1.29 is 9.32 Å². The third-order valence-electron chi connectivity index (χ3n) is 4.20. The normalized spacial score (nSPS) is 18.9. The van der Waals surface area contributed by atoms with E-state index < -0.39 is 0 Å². The maximum atomic E-state index is 11.2. The fourth-order valence-corrected chi connectivity index (χ4v) is 2.96. The molecular formula is C17H29N5O2. The van der Waals surface area contributed by atoms with Crippen molar-refractivity contribution in [2.24, 2.45) is 16.6 Å². The molecule has 0 radical (unpaired) electrons. The van der Waals surface area contributed by atoms with E-state index in [9.17, 15) is 4.79 Å². The van der Waals surface area contributed by atoms with Crippen LogP contribution in [-0.4, -0.2) is 41.6 Å². The van der Waals surface area contributed by atoms with Crippen molar-refractivity contribution >= 4 is 11.9 Å². The number of nitrogens with one attached hydrogen (secondary N) is 1. The molecule has 1 aliphatic rings. The van der Waals surface area contributed by atoms with Crippen LogP contribution < -0.4 is 11.1 Å². The van der Waals surface area contributed by atoms with E-state index in [1.54, 1.807) is 0 Å². The van der Waals surface area contributed by atoms with Crippen LogP contribution in [0.4, 0.5) is 0 Å². The fraction of sp³-hybridized carbons (Fsp3) is 0.706. The zero-order chi connectivity index (χ0) is 17.5. The van der Waals surface area contributed by atoms with Gasteiger partial charge in [-0.1, -0.05) is 19.0 Å². The van der Waals surface area contributed by atoms with E-state index in [1.165, 1.54) is 0 Å². The van der Waals surface area contributed by atoms with Crippen LogP contribution in [0.15, 0.2) is 15.6 Å². The average molecular weight is 335 g/mol. The molecule has 24 heavy (non-hydrogen) atoms. The number of carbonyl (C=O) groups excluding carboxylic acids is 1. The Balaban J connectivity index is 2.02. The molecular weight excluding hydrogens is 306 g/mol. The summed E-state index contributed by atoms with van der Waals surface area (Å²) in [5.41, 5.74) is 6.29. The summed E-state index contributed by atoms with van der Waals surface area (Å²) in [5.74, 6) is 2.04. The lowest BCUT2D eigenvalue weighted by molar-refractivity contribution is -0.119. The first-order chi connectivity index (χ1) is 11.5. The quantitative estimate of drug-likeness (QED) is 0.611. The Morgan fingerprint density at radius 3 is 3.00 bits per heavy atom. The highest BCUT2D eigenvalue weighted by Gasteiger charge is 2.23. The molecule has 2 heterocycles. The van der Waals surface area contributed by atoms with Crippen molar-refractivity contribution in [1.82, 2.24) is 15.4 Å². The average Bonchev–Trinajstić information content (AvgIpc) is 3.00. The number of nitrogens with zero attached hydrogens (tertiary/aromatic N) is 3. The van der Waals surface area contributed by atoms with Gasteiger partial charge in [-0.25, -0.2) is 4.99 Å². The number of aliphatic imine (C=N–C) groups is 1. The molecule has 2 rings (SSSR count). The summed E-state index contributed by atoms with van der Waals surface area (Å²) in [6, 6.07) is 1.96. The summed E-state index contributed by atoms with van der Waals surface area (Å²) in [6.07, 6.45) is 2.52. The first-order valence-corrected chi connectivity index (χ1v) is 8.76. The summed E-state index contributed by atoms with van der Waals surface area (Å²) in [4.78, 5) is 18.1. The van der Waals surface area contributed by atoms with E-state index >= 15 is 0 Å². The zero-order valence-electron chi connectivity index (χ0n) is 14.9. The molecule has 1 amide bonds. The standard InChI is InChI=1S/C17H29N5O2/c1-4-19-17(20-10-14-9-15(12(2)3)21-24-14)22-7-5-6-13(11-22)8-16(18)23/h9,12-13H,4-8,10-11H2,1-3H3,(H2,18,23)(H,19,20). The monoisotopic (exact) mass is 335 g/mol. The number of rotatable bonds is 6. The van der Waals surface area contributed by atoms with Gasteiger partial charge in [-0.05, 0) is 31.6 Å². The Labute approximate surface area is 143 Å². The zero-order valence-corrected chi connectivity index (χ0v) is 14.9. The van der Waals surface area contributed by atoms with Crippen LogP contribution in [0.3, 0.4) is 0 Å². The second kappa shape index (κ2) is 8.70. The van der Waals surface area contributed by atoms with E-state index in [0.29, 0.717) is 24.8 Å². The number of guanidine groups is 1. The number of nitrogens with two attached hydrogens (primary N) is 1. The highest BCUT2D eigenvalue weighted by molar-refractivity contribution is 5.80. The molecule has 0 bridgehead atoms. The van der Waals surface area contributed by atoms with Gasteiger partial charge in [-0.15, -0.1) is 0 Å². The molecule has 7 heteroatoms. The van der Waals surface area contributed by atoms with Crippen molar-refractivity contribution in [3.8, 4) is 0 Å². The largest absolute Gasteiger partial charge is 0.370 e. The first-order valence-electron chi connectivity index (χ1n) is 8.76. The summed E-state index contributed by atoms with van der Waals surface area (Å²) >= 11 is 0. The van der Waals surface area contributed by atoms with Gasteiger partial charge < -0.3 is 20.5 Å². The molecule has 0 spiro atoms. The van der Waals surface area contributed by atoms with Gasteiger partial charge in [0.15, 0.2) is 11.7 Å². The molecule has 1 saturated heterocycles. The number of amides is 1. The van der Waals surface area contributed by atoms with Gasteiger partial charge in [0.1, 0.15) is 6.54 Å². The van der Waals surface area contributed by atoms with E-state index in [-0.39, 0.29) is 5.91 Å². The van der Waals surface area contributed by atoms with Crippen LogP contribution in [0.1, 0.15) is 57.4 Å². The lowest BCUT2D eigenvalue weighted by Crippen LogP contribution is -2.47. The highest BCUT2D eigenvalue weighted by atomic mass is 16.5. The van der Waals surface area contributed by atoms with E-state index in [4.69, 9.17) is 10.3 Å². The molecule has 1 fully saturated rings. The van der Waals surface area contributed by atoms with Gasteiger partial charge in [0.2, 0.25) is 5.91 Å². The van der Waals surface area contributed by atoms with Gasteiger partial charge in [0.25, 0.3) is 0 Å². The van der Waals surface area contributed by atoms with Crippen molar-refractivity contribution in [3.05, 3.63) is 17.5 Å². The second-order valence-electron chi connectivity index (χ2n) is 6.67. The maximum absolute atomic E-state index is 11.2. The minimum Gasteiger partial charge on any atom is -0.370 e. The van der Waals surface area contributed by atoms with E-state index in [2.05, 4.69) is 34.2 Å². The number of hydrogen-bond acceptors (Lipinski definition) is 4. The smallest absolute Gasteiger partial charge is 0.217 e. The van der Waals surface area contributed by atoms with Crippen molar-refractivity contribution in [3.63, 3.8) is 0 Å². The molecule has 0 aromatic carbocycles. The Hall–Kier alpha value is -2.05. The molecule has 1 atom stereocenters. The Kier molecular flexibility index (Phi) is 6.63. The molecule has 134 valence electrons. The molecule has 0 saturated carbocycles. The van der Waals surface area contributed by atoms with Gasteiger partial charge in [0.05, 0.1) is 5.69 Å². The molecule has 1 aromatic rings. The van der Waals surface area contributed by atoms with Crippen LogP contribution in [0.2, 0.25) is 0 Å². The number of aromatic nitrogens is 1. The van der Waals surface area contributed by atoms with E-state index in [0.717, 1.165) is 49.9 Å². The molecule has 7 nitrogen and oxygen atoms in total. The van der Waals surface area contributed by atoms with Crippen LogP contribution in [0.5, 0.6) is 0 Å². The number of piperidine rings is 1. The number of likely N-dealkylation sites (tertiary alicyclic amines) is 1. The van der Waals surface area contributed by atoms with Crippen LogP contribution in [0.25, 0.3) is 0 Å². The first kappa shape index (κ1) is 18.3. The fourth-order valence-electron chi connectivity index (χ4n) is 2.96. The Bertz CT molecular complexity index is 567. The van der Waals surface area contributed by atoms with Crippen LogP contribution >= 0.6 is 0 Å². The van der Waals surface area contributed by atoms with Gasteiger partial charge >= 0.3 is 0 Å². The summed E-state index contributed by atoms with van der Waals surface area (Å²) < 4.78 is 5.35. The third-order valence-corrected chi connectivity index (χ3v) is 4.20. The topological polar surface area (TPSA) is 96.8 Å². The number of hydrogen-bond donors (Lipinski definition) is 2. The van der Waals surface area contributed by atoms with Gasteiger partial charge in [0, 0.05) is 32.1 Å². The van der Waals surface area contributed by atoms with Crippen molar-refractivity contribution in [2.45, 2.75) is 52.5 Å². The lowest BCUT2D eigenvalue weighted by Gasteiger charge is -2.34. The maximum Gasteiger partial charge on any atom is 0.217 e. The summed E-state index contributed by atoms with van der Waals surface area (Å²) in [5, 5.41) is 7.39.